The molecule has 30 heavy (non-hydrogen) atoms. The molecule has 3 amide bonds. The van der Waals surface area contributed by atoms with Gasteiger partial charge in [-0.1, -0.05) is 20.3 Å². The van der Waals surface area contributed by atoms with E-state index in [-0.39, 0.29) is 18.1 Å². The Morgan fingerprint density at radius 1 is 1.13 bits per heavy atom. The van der Waals surface area contributed by atoms with Crippen LogP contribution in [0.2, 0.25) is 0 Å². The zero-order valence-corrected chi connectivity index (χ0v) is 18.1. The van der Waals surface area contributed by atoms with Crippen molar-refractivity contribution in [3.63, 3.8) is 0 Å². The topological polar surface area (TPSA) is 179 Å². The number of carboxylic acids is 1. The fourth-order valence-corrected chi connectivity index (χ4v) is 2.79. The molecule has 11 nitrogen and oxygen atoms in total. The third-order valence-corrected chi connectivity index (χ3v) is 4.98. The number of carbonyl (C=O) groups excluding carboxylic acids is 3. The lowest BCUT2D eigenvalue weighted by Crippen LogP contribution is -2.58. The molecular formula is C18H30N6O5S. The molecule has 0 saturated heterocycles. The second-order valence-corrected chi connectivity index (χ2v) is 7.45. The van der Waals surface area contributed by atoms with Gasteiger partial charge in [0.2, 0.25) is 17.7 Å². The quantitative estimate of drug-likeness (QED) is 0.199. The number of aromatic amines is 1. The van der Waals surface area contributed by atoms with E-state index in [4.69, 9.17) is 5.73 Å². The van der Waals surface area contributed by atoms with E-state index in [1.54, 1.807) is 6.92 Å². The molecule has 12 heteroatoms. The first-order valence-electron chi connectivity index (χ1n) is 9.58. The van der Waals surface area contributed by atoms with Crippen LogP contribution in [-0.4, -0.2) is 68.7 Å². The molecule has 1 aromatic rings. The lowest BCUT2D eigenvalue weighted by Gasteiger charge is -2.25. The summed E-state index contributed by atoms with van der Waals surface area (Å²) >= 11 is 4.09. The molecule has 0 bridgehead atoms. The maximum atomic E-state index is 12.8. The Morgan fingerprint density at radius 2 is 1.73 bits per heavy atom. The summed E-state index contributed by atoms with van der Waals surface area (Å²) in [6.07, 6.45) is 3.58. The number of nitrogens with one attached hydrogen (secondary N) is 4. The van der Waals surface area contributed by atoms with Gasteiger partial charge in [-0.3, -0.25) is 14.4 Å². The summed E-state index contributed by atoms with van der Waals surface area (Å²) in [6.45, 7) is 4.99. The van der Waals surface area contributed by atoms with Crippen molar-refractivity contribution >= 4 is 36.3 Å². The SMILES string of the molecule is CCC(C)C(NC(=O)C(CS)NC(=O)C(Cc1cnc[nH]1)NC(=O)C(C)N)C(=O)O. The molecule has 1 aromatic heterocycles. The molecule has 5 unspecified atom stereocenters. The van der Waals surface area contributed by atoms with Crippen molar-refractivity contribution in [2.75, 3.05) is 5.75 Å². The van der Waals surface area contributed by atoms with Gasteiger partial charge in [0.05, 0.1) is 12.4 Å². The Balaban J connectivity index is 2.90. The van der Waals surface area contributed by atoms with E-state index >= 15 is 0 Å². The van der Waals surface area contributed by atoms with Crippen molar-refractivity contribution in [3.8, 4) is 0 Å². The van der Waals surface area contributed by atoms with E-state index in [1.165, 1.54) is 19.4 Å². The van der Waals surface area contributed by atoms with Gasteiger partial charge in [-0.2, -0.15) is 12.6 Å². The molecule has 1 heterocycles. The molecule has 0 aliphatic rings. The van der Waals surface area contributed by atoms with Crippen LogP contribution in [0, 0.1) is 5.92 Å². The number of hydrogen-bond acceptors (Lipinski definition) is 7. The highest BCUT2D eigenvalue weighted by molar-refractivity contribution is 7.80. The molecule has 0 spiro atoms. The van der Waals surface area contributed by atoms with Crippen molar-refractivity contribution in [2.45, 2.75) is 57.8 Å². The highest BCUT2D eigenvalue weighted by Crippen LogP contribution is 2.09. The predicted molar refractivity (Wildman–Crippen MR) is 113 cm³/mol. The Labute approximate surface area is 180 Å². The van der Waals surface area contributed by atoms with Gasteiger partial charge in [-0.25, -0.2) is 9.78 Å². The van der Waals surface area contributed by atoms with E-state index in [2.05, 4.69) is 38.5 Å². The first-order chi connectivity index (χ1) is 14.1. The molecule has 0 saturated carbocycles. The van der Waals surface area contributed by atoms with Crippen LogP contribution in [0.5, 0.6) is 0 Å². The van der Waals surface area contributed by atoms with E-state index in [9.17, 15) is 24.3 Å². The number of nitrogens with two attached hydrogens (primary N) is 1. The predicted octanol–water partition coefficient (Wildman–Crippen LogP) is -1.19. The minimum Gasteiger partial charge on any atom is -0.480 e. The smallest absolute Gasteiger partial charge is 0.326 e. The number of rotatable bonds is 12. The number of nitrogens with zero attached hydrogens (tertiary/aromatic N) is 1. The van der Waals surface area contributed by atoms with E-state index in [0.717, 1.165) is 0 Å². The minimum atomic E-state index is -1.16. The van der Waals surface area contributed by atoms with Crippen LogP contribution in [0.25, 0.3) is 0 Å². The Kier molecular flexibility index (Phi) is 10.3. The average molecular weight is 443 g/mol. The van der Waals surface area contributed by atoms with Gasteiger partial charge in [0, 0.05) is 24.1 Å². The summed E-state index contributed by atoms with van der Waals surface area (Å²) in [4.78, 5) is 55.5. The number of carboxylic acid groups (broad SMARTS) is 1. The van der Waals surface area contributed by atoms with Gasteiger partial charge in [0.1, 0.15) is 18.1 Å². The second kappa shape index (κ2) is 12.2. The summed E-state index contributed by atoms with van der Waals surface area (Å²) < 4.78 is 0. The number of carbonyl (C=O) groups is 4. The normalized spacial score (nSPS) is 15.9. The van der Waals surface area contributed by atoms with E-state index in [1.807, 2.05) is 6.92 Å². The first kappa shape index (κ1) is 25.4. The van der Waals surface area contributed by atoms with Crippen molar-refractivity contribution < 1.29 is 24.3 Å². The molecular weight excluding hydrogens is 412 g/mol. The highest BCUT2D eigenvalue weighted by Gasteiger charge is 2.31. The fourth-order valence-electron chi connectivity index (χ4n) is 2.53. The van der Waals surface area contributed by atoms with Gasteiger partial charge >= 0.3 is 5.97 Å². The van der Waals surface area contributed by atoms with Gasteiger partial charge in [0.15, 0.2) is 0 Å². The highest BCUT2D eigenvalue weighted by atomic mass is 32.1. The van der Waals surface area contributed by atoms with Crippen LogP contribution >= 0.6 is 12.6 Å². The maximum Gasteiger partial charge on any atom is 0.326 e. The van der Waals surface area contributed by atoms with Gasteiger partial charge in [-0.15, -0.1) is 0 Å². The second-order valence-electron chi connectivity index (χ2n) is 7.08. The molecule has 0 fully saturated rings. The third kappa shape index (κ3) is 7.67. The fraction of sp³-hybridized carbons (Fsp3) is 0.611. The number of amides is 3. The standard InChI is InChI=1S/C18H30N6O5S/c1-4-9(2)14(18(28)29)24-17(27)13(7-30)23-16(26)12(22-15(25)10(3)19)5-11-6-20-8-21-11/h6,8-10,12-14,30H,4-5,7,19H2,1-3H3,(H,20,21)(H,22,25)(H,23,26)(H,24,27)(H,28,29). The summed E-state index contributed by atoms with van der Waals surface area (Å²) in [7, 11) is 0. The Bertz CT molecular complexity index is 727. The Hall–Kier alpha value is -2.60. The van der Waals surface area contributed by atoms with Crippen molar-refractivity contribution in [1.82, 2.24) is 25.9 Å². The van der Waals surface area contributed by atoms with Crippen molar-refractivity contribution in [3.05, 3.63) is 18.2 Å². The van der Waals surface area contributed by atoms with Crippen LogP contribution in [0.4, 0.5) is 0 Å². The molecule has 5 atom stereocenters. The number of imidazole rings is 1. The van der Waals surface area contributed by atoms with Gasteiger partial charge in [0.25, 0.3) is 0 Å². The van der Waals surface area contributed by atoms with Crippen LogP contribution in [0.15, 0.2) is 12.5 Å². The van der Waals surface area contributed by atoms with Gasteiger partial charge in [-0.05, 0) is 12.8 Å². The number of aromatic nitrogens is 2. The summed E-state index contributed by atoms with van der Waals surface area (Å²) in [5, 5.41) is 16.8. The molecule has 0 aliphatic heterocycles. The first-order valence-corrected chi connectivity index (χ1v) is 10.2. The number of hydrogen-bond donors (Lipinski definition) is 7. The lowest BCUT2D eigenvalue weighted by atomic mass is 9.99. The minimum absolute atomic E-state index is 0.0670. The zero-order chi connectivity index (χ0) is 22.8. The lowest BCUT2D eigenvalue weighted by molar-refractivity contribution is -0.143. The molecule has 0 radical (unpaired) electrons. The van der Waals surface area contributed by atoms with Crippen LogP contribution < -0.4 is 21.7 Å². The van der Waals surface area contributed by atoms with Crippen LogP contribution in [0.1, 0.15) is 32.9 Å². The molecule has 7 N–H and O–H groups in total. The molecule has 168 valence electrons. The summed E-state index contributed by atoms with van der Waals surface area (Å²) in [5.74, 6) is -3.38. The number of thiol groups is 1. The monoisotopic (exact) mass is 442 g/mol. The number of aliphatic carboxylic acids is 1. The molecule has 0 aromatic carbocycles. The van der Waals surface area contributed by atoms with Crippen LogP contribution in [0.3, 0.4) is 0 Å². The third-order valence-electron chi connectivity index (χ3n) is 4.62. The van der Waals surface area contributed by atoms with Crippen molar-refractivity contribution in [2.24, 2.45) is 11.7 Å². The summed E-state index contributed by atoms with van der Waals surface area (Å²) in [5.41, 5.74) is 6.15. The number of H-pyrrole nitrogens is 1. The molecule has 0 aliphatic carbocycles. The largest absolute Gasteiger partial charge is 0.480 e. The van der Waals surface area contributed by atoms with E-state index < -0.39 is 47.9 Å². The molecule has 1 rings (SSSR count). The zero-order valence-electron chi connectivity index (χ0n) is 17.2. The van der Waals surface area contributed by atoms with Crippen LogP contribution in [-0.2, 0) is 25.6 Å². The Morgan fingerprint density at radius 3 is 2.20 bits per heavy atom. The summed E-state index contributed by atoms with van der Waals surface area (Å²) in [6, 6.07) is -4.05. The maximum absolute atomic E-state index is 12.8. The average Bonchev–Trinajstić information content (AvgIpc) is 3.21. The van der Waals surface area contributed by atoms with E-state index in [0.29, 0.717) is 12.1 Å². The van der Waals surface area contributed by atoms with Crippen molar-refractivity contribution in [1.29, 1.82) is 0 Å². The van der Waals surface area contributed by atoms with Gasteiger partial charge < -0.3 is 31.8 Å².